The molecule has 0 N–H and O–H groups in total. The molecule has 0 bridgehead atoms. The first-order chi connectivity index (χ1) is 9.70. The van der Waals surface area contributed by atoms with Crippen LogP contribution in [0.3, 0.4) is 0 Å². The summed E-state index contributed by atoms with van der Waals surface area (Å²) in [5, 5.41) is 11.0. The highest BCUT2D eigenvalue weighted by Gasteiger charge is 2.19. The molecule has 20 heavy (non-hydrogen) atoms. The van der Waals surface area contributed by atoms with E-state index in [0.29, 0.717) is 27.7 Å². The highest BCUT2D eigenvalue weighted by Crippen LogP contribution is 2.31. The molecule has 2 aromatic heterocycles. The molecule has 0 saturated heterocycles. The van der Waals surface area contributed by atoms with Crippen molar-refractivity contribution < 1.29 is 4.79 Å². The molecule has 0 radical (unpaired) electrons. The Balaban J connectivity index is 2.26. The van der Waals surface area contributed by atoms with Crippen LogP contribution in [0.15, 0.2) is 29.6 Å². The summed E-state index contributed by atoms with van der Waals surface area (Å²) in [6.07, 6.45) is 0.669. The third-order valence-electron chi connectivity index (χ3n) is 2.73. The van der Waals surface area contributed by atoms with E-state index in [-0.39, 0.29) is 5.69 Å². The first kappa shape index (κ1) is 13.0. The number of benzene rings is 1. The molecule has 3 rings (SSSR count). The SMILES string of the molecule is Cc1csc(-n2nnc(C=O)c2-c2ccccc2Cl)n1. The maximum Gasteiger partial charge on any atom is 0.212 e. The van der Waals surface area contributed by atoms with Gasteiger partial charge in [-0.2, -0.15) is 4.68 Å². The van der Waals surface area contributed by atoms with Crippen LogP contribution in [0.5, 0.6) is 0 Å². The molecule has 3 aromatic rings. The lowest BCUT2D eigenvalue weighted by Gasteiger charge is -2.05. The summed E-state index contributed by atoms with van der Waals surface area (Å²) in [5.41, 5.74) is 2.39. The molecule has 1 aromatic carbocycles. The van der Waals surface area contributed by atoms with Crippen molar-refractivity contribution in [1.29, 1.82) is 0 Å². The van der Waals surface area contributed by atoms with Gasteiger partial charge in [0.15, 0.2) is 12.0 Å². The highest BCUT2D eigenvalue weighted by atomic mass is 35.5. The van der Waals surface area contributed by atoms with Crippen LogP contribution < -0.4 is 0 Å². The van der Waals surface area contributed by atoms with E-state index < -0.39 is 0 Å². The van der Waals surface area contributed by atoms with Gasteiger partial charge in [0.2, 0.25) is 5.13 Å². The molecule has 0 fully saturated rings. The normalized spacial score (nSPS) is 10.7. The Hall–Kier alpha value is -2.05. The van der Waals surface area contributed by atoms with Crippen LogP contribution in [0.4, 0.5) is 0 Å². The van der Waals surface area contributed by atoms with Crippen molar-refractivity contribution in [3.63, 3.8) is 0 Å². The van der Waals surface area contributed by atoms with Gasteiger partial charge in [0, 0.05) is 10.9 Å². The summed E-state index contributed by atoms with van der Waals surface area (Å²) in [4.78, 5) is 15.6. The molecule has 0 unspecified atom stereocenters. The van der Waals surface area contributed by atoms with Crippen LogP contribution in [-0.2, 0) is 0 Å². The minimum Gasteiger partial charge on any atom is -0.296 e. The number of hydrogen-bond acceptors (Lipinski definition) is 5. The van der Waals surface area contributed by atoms with Crippen molar-refractivity contribution in [2.75, 3.05) is 0 Å². The number of aldehydes is 1. The molecule has 0 aliphatic rings. The number of rotatable bonds is 3. The third kappa shape index (κ3) is 2.13. The Bertz CT molecular complexity index is 780. The highest BCUT2D eigenvalue weighted by molar-refractivity contribution is 7.12. The summed E-state index contributed by atoms with van der Waals surface area (Å²) in [7, 11) is 0. The molecule has 2 heterocycles. The van der Waals surface area contributed by atoms with Crippen LogP contribution in [0.25, 0.3) is 16.4 Å². The first-order valence-corrected chi connectivity index (χ1v) is 7.04. The number of hydrogen-bond donors (Lipinski definition) is 0. The van der Waals surface area contributed by atoms with Gasteiger partial charge in [-0.3, -0.25) is 4.79 Å². The van der Waals surface area contributed by atoms with Gasteiger partial charge in [-0.1, -0.05) is 35.0 Å². The predicted molar refractivity (Wildman–Crippen MR) is 77.6 cm³/mol. The van der Waals surface area contributed by atoms with Gasteiger partial charge in [0.1, 0.15) is 5.69 Å². The lowest BCUT2D eigenvalue weighted by Crippen LogP contribution is -2.00. The van der Waals surface area contributed by atoms with Crippen LogP contribution in [0.2, 0.25) is 5.02 Å². The minimum atomic E-state index is 0.242. The summed E-state index contributed by atoms with van der Waals surface area (Å²) in [6, 6.07) is 7.26. The zero-order chi connectivity index (χ0) is 14.1. The Labute approximate surface area is 123 Å². The Morgan fingerprint density at radius 1 is 1.35 bits per heavy atom. The van der Waals surface area contributed by atoms with Crippen molar-refractivity contribution in [2.24, 2.45) is 0 Å². The van der Waals surface area contributed by atoms with Gasteiger partial charge in [0.25, 0.3) is 0 Å². The molecule has 0 amide bonds. The molecule has 0 spiro atoms. The van der Waals surface area contributed by atoms with Gasteiger partial charge in [-0.05, 0) is 13.0 Å². The van der Waals surface area contributed by atoms with E-state index in [2.05, 4.69) is 15.3 Å². The molecule has 0 aliphatic heterocycles. The van der Waals surface area contributed by atoms with Crippen molar-refractivity contribution >= 4 is 29.2 Å². The van der Waals surface area contributed by atoms with Crippen molar-refractivity contribution in [1.82, 2.24) is 20.0 Å². The van der Waals surface area contributed by atoms with Crippen molar-refractivity contribution in [3.05, 3.63) is 46.1 Å². The van der Waals surface area contributed by atoms with Crippen molar-refractivity contribution in [3.8, 4) is 16.4 Å². The lowest BCUT2D eigenvalue weighted by molar-refractivity contribution is 0.111. The van der Waals surface area contributed by atoms with E-state index >= 15 is 0 Å². The monoisotopic (exact) mass is 304 g/mol. The summed E-state index contributed by atoms with van der Waals surface area (Å²) in [6.45, 7) is 1.90. The molecular weight excluding hydrogens is 296 g/mol. The Morgan fingerprint density at radius 2 is 2.15 bits per heavy atom. The quantitative estimate of drug-likeness (QED) is 0.697. The van der Waals surface area contributed by atoms with E-state index in [1.165, 1.54) is 11.3 Å². The van der Waals surface area contributed by atoms with Gasteiger partial charge < -0.3 is 0 Å². The molecule has 0 atom stereocenters. The van der Waals surface area contributed by atoms with Crippen molar-refractivity contribution in [2.45, 2.75) is 6.92 Å². The standard InChI is InChI=1S/C13H9ClN4OS/c1-8-7-20-13(15-8)18-12(11(6-19)16-17-18)9-4-2-3-5-10(9)14/h2-7H,1H3. The van der Waals surface area contributed by atoms with Crippen LogP contribution in [-0.4, -0.2) is 26.3 Å². The maximum absolute atomic E-state index is 11.2. The molecule has 5 nitrogen and oxygen atoms in total. The van der Waals surface area contributed by atoms with Crippen LogP contribution in [0, 0.1) is 6.92 Å². The number of halogens is 1. The molecule has 0 saturated carbocycles. The fourth-order valence-corrected chi connectivity index (χ4v) is 2.83. The smallest absolute Gasteiger partial charge is 0.212 e. The second kappa shape index (κ2) is 5.15. The van der Waals surface area contributed by atoms with Crippen LogP contribution >= 0.6 is 22.9 Å². The average molecular weight is 305 g/mol. The fraction of sp³-hybridized carbons (Fsp3) is 0.0769. The number of nitrogens with zero attached hydrogens (tertiary/aromatic N) is 4. The summed E-state index contributed by atoms with van der Waals surface area (Å²) in [5.74, 6) is 0. The number of aryl methyl sites for hydroxylation is 1. The third-order valence-corrected chi connectivity index (χ3v) is 3.99. The molecule has 100 valence electrons. The molecule has 0 aliphatic carbocycles. The maximum atomic E-state index is 11.2. The largest absolute Gasteiger partial charge is 0.296 e. The van der Waals surface area contributed by atoms with Gasteiger partial charge in [0.05, 0.1) is 10.7 Å². The summed E-state index contributed by atoms with van der Waals surface area (Å²) >= 11 is 7.64. The van der Waals surface area contributed by atoms with E-state index in [1.54, 1.807) is 10.7 Å². The summed E-state index contributed by atoms with van der Waals surface area (Å²) < 4.78 is 1.54. The zero-order valence-corrected chi connectivity index (χ0v) is 12.0. The van der Waals surface area contributed by atoms with Gasteiger partial charge in [-0.15, -0.1) is 16.4 Å². The molecular formula is C13H9ClN4OS. The predicted octanol–water partition coefficient (Wildman–Crippen LogP) is 3.17. The van der Waals surface area contributed by atoms with E-state index in [1.807, 2.05) is 30.5 Å². The number of thiazole rings is 1. The van der Waals surface area contributed by atoms with Crippen LogP contribution in [0.1, 0.15) is 16.2 Å². The Morgan fingerprint density at radius 3 is 2.80 bits per heavy atom. The van der Waals surface area contributed by atoms with Gasteiger partial charge in [-0.25, -0.2) is 4.98 Å². The number of carbonyl (C=O) groups excluding carboxylic acids is 1. The minimum absolute atomic E-state index is 0.242. The van der Waals surface area contributed by atoms with E-state index in [0.717, 1.165) is 5.69 Å². The topological polar surface area (TPSA) is 60.7 Å². The number of carbonyl (C=O) groups is 1. The average Bonchev–Trinajstić information content (AvgIpc) is 3.05. The van der Waals surface area contributed by atoms with E-state index in [4.69, 9.17) is 11.6 Å². The Kier molecular flexibility index (Phi) is 3.33. The second-order valence-corrected chi connectivity index (χ2v) is 5.35. The zero-order valence-electron chi connectivity index (χ0n) is 10.4. The first-order valence-electron chi connectivity index (χ1n) is 5.79. The number of aromatic nitrogens is 4. The second-order valence-electron chi connectivity index (χ2n) is 4.10. The lowest BCUT2D eigenvalue weighted by atomic mass is 10.1. The van der Waals surface area contributed by atoms with Gasteiger partial charge >= 0.3 is 0 Å². The fourth-order valence-electron chi connectivity index (χ4n) is 1.85. The van der Waals surface area contributed by atoms with E-state index in [9.17, 15) is 4.79 Å². The molecule has 7 heteroatoms.